The van der Waals surface area contributed by atoms with E-state index in [0.29, 0.717) is 22.6 Å². The van der Waals surface area contributed by atoms with E-state index in [4.69, 9.17) is 9.47 Å². The molecule has 1 aromatic heterocycles. The number of Topliss-reactive ketones (excluding diaryl/α,β-unsaturated/α-hetero) is 1. The van der Waals surface area contributed by atoms with Crippen molar-refractivity contribution in [3.8, 4) is 28.8 Å². The second-order valence-corrected chi connectivity index (χ2v) is 6.96. The number of hydrogen-bond acceptors (Lipinski definition) is 7. The van der Waals surface area contributed by atoms with Gasteiger partial charge in [0, 0.05) is 11.1 Å². The van der Waals surface area contributed by atoms with Gasteiger partial charge in [0.15, 0.2) is 10.9 Å². The Balaban J connectivity index is 1.96. The number of aromatic nitrogens is 2. The lowest BCUT2D eigenvalue weighted by Crippen LogP contribution is -2.15. The van der Waals surface area contributed by atoms with Crippen LogP contribution in [0.5, 0.6) is 11.5 Å². The molecule has 7 nitrogen and oxygen atoms in total. The van der Waals surface area contributed by atoms with Crippen LogP contribution in [-0.2, 0) is 0 Å². The number of carbonyl (C=O) groups is 1. The standard InChI is InChI=1S/C21H16FN3O4S/c1-28-14-7-8-18(29-2)15(9-14)19-16(10-23)20(27)25-21(24-19)30-11-17(26)12-3-5-13(22)6-4-12/h3-9H,11H2,1-2H3,(H,24,25,27). The molecule has 0 bridgehead atoms. The average molecular weight is 425 g/mol. The van der Waals surface area contributed by atoms with E-state index in [1.54, 1.807) is 18.2 Å². The van der Waals surface area contributed by atoms with Gasteiger partial charge < -0.3 is 14.5 Å². The smallest absolute Gasteiger partial charge is 0.270 e. The number of thioether (sulfide) groups is 1. The summed E-state index contributed by atoms with van der Waals surface area (Å²) >= 11 is 1.00. The fourth-order valence-corrected chi connectivity index (χ4v) is 3.43. The molecule has 0 amide bonds. The molecule has 1 N–H and O–H groups in total. The molecule has 30 heavy (non-hydrogen) atoms. The summed E-state index contributed by atoms with van der Waals surface area (Å²) in [5.74, 6) is 0.178. The number of rotatable bonds is 7. The lowest BCUT2D eigenvalue weighted by molar-refractivity contribution is 0.102. The number of aromatic amines is 1. The van der Waals surface area contributed by atoms with Gasteiger partial charge in [-0.25, -0.2) is 9.37 Å². The van der Waals surface area contributed by atoms with E-state index in [2.05, 4.69) is 9.97 Å². The summed E-state index contributed by atoms with van der Waals surface area (Å²) in [6, 6.07) is 12.0. The van der Waals surface area contributed by atoms with Crippen molar-refractivity contribution in [3.63, 3.8) is 0 Å². The normalized spacial score (nSPS) is 10.3. The van der Waals surface area contributed by atoms with E-state index in [-0.39, 0.29) is 27.9 Å². The molecule has 0 saturated heterocycles. The Morgan fingerprint density at radius 2 is 1.93 bits per heavy atom. The Hall–Kier alpha value is -3.64. The molecule has 1 heterocycles. The Labute approximate surface area is 175 Å². The second kappa shape index (κ2) is 9.24. The molecule has 9 heteroatoms. The highest BCUT2D eigenvalue weighted by atomic mass is 32.2. The minimum atomic E-state index is -0.635. The lowest BCUT2D eigenvalue weighted by atomic mass is 10.1. The van der Waals surface area contributed by atoms with Gasteiger partial charge in [0.25, 0.3) is 5.56 Å². The summed E-state index contributed by atoms with van der Waals surface area (Å²) in [5.41, 5.74) is 0.0504. The van der Waals surface area contributed by atoms with Crippen LogP contribution in [0.1, 0.15) is 15.9 Å². The summed E-state index contributed by atoms with van der Waals surface area (Å²) in [6.45, 7) is 0. The highest BCUT2D eigenvalue weighted by Gasteiger charge is 2.19. The van der Waals surface area contributed by atoms with Crippen LogP contribution in [0, 0.1) is 17.1 Å². The first kappa shape index (κ1) is 21.1. The van der Waals surface area contributed by atoms with Gasteiger partial charge in [-0.15, -0.1) is 0 Å². The third kappa shape index (κ3) is 4.50. The van der Waals surface area contributed by atoms with Gasteiger partial charge in [-0.3, -0.25) is 9.59 Å². The Bertz CT molecular complexity index is 1190. The van der Waals surface area contributed by atoms with Crippen LogP contribution in [0.3, 0.4) is 0 Å². The van der Waals surface area contributed by atoms with E-state index < -0.39 is 11.4 Å². The summed E-state index contributed by atoms with van der Waals surface area (Å²) < 4.78 is 23.6. The first-order valence-electron chi connectivity index (χ1n) is 8.65. The molecular formula is C21H16FN3O4S. The third-order valence-electron chi connectivity index (χ3n) is 4.18. The highest BCUT2D eigenvalue weighted by molar-refractivity contribution is 7.99. The molecule has 0 radical (unpaired) electrons. The van der Waals surface area contributed by atoms with Crippen molar-refractivity contribution >= 4 is 17.5 Å². The summed E-state index contributed by atoms with van der Waals surface area (Å²) in [4.78, 5) is 31.6. The first-order chi connectivity index (χ1) is 14.5. The van der Waals surface area contributed by atoms with Crippen molar-refractivity contribution in [1.82, 2.24) is 9.97 Å². The molecule has 0 aliphatic heterocycles. The minimum Gasteiger partial charge on any atom is -0.497 e. The number of hydrogen-bond donors (Lipinski definition) is 1. The van der Waals surface area contributed by atoms with E-state index in [9.17, 15) is 19.2 Å². The monoisotopic (exact) mass is 425 g/mol. The van der Waals surface area contributed by atoms with Crippen molar-refractivity contribution in [2.75, 3.05) is 20.0 Å². The van der Waals surface area contributed by atoms with Crippen LogP contribution in [0.2, 0.25) is 0 Å². The van der Waals surface area contributed by atoms with Crippen molar-refractivity contribution in [2.45, 2.75) is 5.16 Å². The summed E-state index contributed by atoms with van der Waals surface area (Å²) in [6.07, 6.45) is 0. The Morgan fingerprint density at radius 3 is 2.57 bits per heavy atom. The Kier molecular flexibility index (Phi) is 6.49. The maximum absolute atomic E-state index is 13.0. The zero-order valence-electron chi connectivity index (χ0n) is 16.1. The molecule has 3 rings (SSSR count). The lowest BCUT2D eigenvalue weighted by Gasteiger charge is -2.12. The van der Waals surface area contributed by atoms with Crippen LogP contribution in [0.15, 0.2) is 52.4 Å². The number of nitriles is 1. The summed E-state index contributed by atoms with van der Waals surface area (Å²) in [5, 5.41) is 9.62. The van der Waals surface area contributed by atoms with E-state index in [0.717, 1.165) is 11.8 Å². The van der Waals surface area contributed by atoms with Crippen LogP contribution < -0.4 is 15.0 Å². The fourth-order valence-electron chi connectivity index (χ4n) is 2.67. The number of methoxy groups -OCH3 is 2. The number of carbonyl (C=O) groups excluding carboxylic acids is 1. The molecule has 0 unspecified atom stereocenters. The van der Waals surface area contributed by atoms with Crippen molar-refractivity contribution < 1.29 is 18.7 Å². The van der Waals surface area contributed by atoms with Gasteiger partial charge in [0.1, 0.15) is 34.6 Å². The predicted molar refractivity (Wildman–Crippen MR) is 110 cm³/mol. The molecule has 0 aliphatic rings. The third-order valence-corrected chi connectivity index (χ3v) is 5.05. The predicted octanol–water partition coefficient (Wildman–Crippen LogP) is 3.44. The van der Waals surface area contributed by atoms with E-state index >= 15 is 0 Å². The fraction of sp³-hybridized carbons (Fsp3) is 0.143. The molecule has 0 atom stereocenters. The van der Waals surface area contributed by atoms with Crippen LogP contribution in [0.25, 0.3) is 11.3 Å². The quantitative estimate of drug-likeness (QED) is 0.351. The second-order valence-electron chi connectivity index (χ2n) is 5.99. The number of nitrogens with one attached hydrogen (secondary N) is 1. The highest BCUT2D eigenvalue weighted by Crippen LogP contribution is 2.34. The van der Waals surface area contributed by atoms with Crippen LogP contribution >= 0.6 is 11.8 Å². The molecule has 3 aromatic rings. The van der Waals surface area contributed by atoms with E-state index in [1.807, 2.05) is 6.07 Å². The molecule has 0 saturated carbocycles. The number of benzene rings is 2. The van der Waals surface area contributed by atoms with E-state index in [1.165, 1.54) is 38.5 Å². The van der Waals surface area contributed by atoms with Crippen molar-refractivity contribution in [2.24, 2.45) is 0 Å². The molecule has 0 spiro atoms. The molecule has 2 aromatic carbocycles. The minimum absolute atomic E-state index is 0.0326. The summed E-state index contributed by atoms with van der Waals surface area (Å²) in [7, 11) is 2.95. The first-order valence-corrected chi connectivity index (χ1v) is 9.63. The number of ether oxygens (including phenoxy) is 2. The van der Waals surface area contributed by atoms with Crippen molar-refractivity contribution in [1.29, 1.82) is 5.26 Å². The van der Waals surface area contributed by atoms with Crippen LogP contribution in [0.4, 0.5) is 4.39 Å². The van der Waals surface area contributed by atoms with Gasteiger partial charge in [0.2, 0.25) is 0 Å². The zero-order chi connectivity index (χ0) is 21.7. The molecule has 0 fully saturated rings. The Morgan fingerprint density at radius 1 is 1.20 bits per heavy atom. The van der Waals surface area contributed by atoms with Crippen molar-refractivity contribution in [3.05, 3.63) is 69.8 Å². The number of halogens is 1. The van der Waals surface area contributed by atoms with Gasteiger partial charge in [-0.2, -0.15) is 5.26 Å². The SMILES string of the molecule is COc1ccc(OC)c(-c2nc(SCC(=O)c3ccc(F)cc3)[nH]c(=O)c2C#N)c1. The maximum Gasteiger partial charge on any atom is 0.270 e. The maximum atomic E-state index is 13.0. The average Bonchev–Trinajstić information content (AvgIpc) is 2.77. The number of nitrogens with zero attached hydrogens (tertiary/aromatic N) is 2. The topological polar surface area (TPSA) is 105 Å². The number of H-pyrrole nitrogens is 1. The largest absolute Gasteiger partial charge is 0.497 e. The van der Waals surface area contributed by atoms with Gasteiger partial charge >= 0.3 is 0 Å². The van der Waals surface area contributed by atoms with Gasteiger partial charge in [0.05, 0.1) is 20.0 Å². The van der Waals surface area contributed by atoms with Crippen LogP contribution in [-0.4, -0.2) is 35.7 Å². The van der Waals surface area contributed by atoms with Gasteiger partial charge in [-0.05, 0) is 42.5 Å². The molecule has 152 valence electrons. The zero-order valence-corrected chi connectivity index (χ0v) is 16.9. The molecule has 0 aliphatic carbocycles. The van der Waals surface area contributed by atoms with Gasteiger partial charge in [-0.1, -0.05) is 11.8 Å². The number of ketones is 1. The molecular weight excluding hydrogens is 409 g/mol.